The minimum atomic E-state index is -3.89. The molecule has 0 radical (unpaired) electrons. The molecule has 0 spiro atoms. The van der Waals surface area contributed by atoms with Gasteiger partial charge >= 0.3 is 59.9 Å². The van der Waals surface area contributed by atoms with E-state index in [1.807, 2.05) is 48.5 Å². The lowest BCUT2D eigenvalue weighted by Crippen LogP contribution is -2.88. The van der Waals surface area contributed by atoms with Crippen LogP contribution in [0.2, 0.25) is 78.6 Å². The van der Waals surface area contributed by atoms with E-state index in [1.54, 1.807) is 0 Å². The van der Waals surface area contributed by atoms with Gasteiger partial charge in [0.15, 0.2) is 16.6 Å². The van der Waals surface area contributed by atoms with Gasteiger partial charge in [0, 0.05) is 0 Å². The minimum absolute atomic E-state index is 0.972. The van der Waals surface area contributed by atoms with Gasteiger partial charge in [-0.25, -0.2) is 0 Å². The zero-order chi connectivity index (χ0) is 55.1. The lowest BCUT2D eigenvalue weighted by atomic mass is 10.4. The monoisotopic (exact) mass is 1180 g/mol. The Labute approximate surface area is 469 Å². The Morgan fingerprint density at radius 3 is 0.468 bits per heavy atom. The van der Waals surface area contributed by atoms with Crippen LogP contribution in [0.5, 0.6) is 0 Å². The van der Waals surface area contributed by atoms with E-state index >= 15 is 0 Å². The van der Waals surface area contributed by atoms with E-state index in [4.69, 9.17) is 32.9 Å². The molecule has 1 heterocycles. The Balaban J connectivity index is 0.000000318. The van der Waals surface area contributed by atoms with Crippen LogP contribution in [0.15, 0.2) is 243 Å². The summed E-state index contributed by atoms with van der Waals surface area (Å²) in [7, 11) is -25.3. The Hall–Kier alpha value is -4.61. The van der Waals surface area contributed by atoms with Crippen molar-refractivity contribution in [3.63, 3.8) is 0 Å². The lowest BCUT2D eigenvalue weighted by Gasteiger charge is -2.53. The molecule has 1 fully saturated rings. The molecule has 8 aromatic rings. The molecule has 1 saturated heterocycles. The molecule has 0 atom stereocenters. The van der Waals surface area contributed by atoms with Crippen molar-refractivity contribution in [1.29, 1.82) is 0 Å². The van der Waals surface area contributed by atoms with Crippen LogP contribution in [0, 0.1) is 0 Å². The molecule has 8 nitrogen and oxygen atoms in total. The minimum Gasteiger partial charge on any atom is -0.437 e. The van der Waals surface area contributed by atoms with E-state index in [1.165, 1.54) is 0 Å². The van der Waals surface area contributed by atoms with Gasteiger partial charge in [0.2, 0.25) is 0 Å². The molecule has 9 rings (SSSR count). The van der Waals surface area contributed by atoms with Crippen LogP contribution in [0.25, 0.3) is 0 Å². The summed E-state index contributed by atoms with van der Waals surface area (Å²) in [5, 5.41) is 7.77. The van der Waals surface area contributed by atoms with Crippen LogP contribution in [-0.2, 0) is 32.9 Å². The average Bonchev–Trinajstić information content (AvgIpc) is 3.44. The van der Waals surface area contributed by atoms with Gasteiger partial charge in [0.05, 0.1) is 0 Å². The molecule has 0 saturated carbocycles. The highest BCUT2D eigenvalue weighted by molar-refractivity contribution is 7.16. The highest BCUT2D eigenvalue weighted by Crippen LogP contribution is 2.33. The molecule has 400 valence electrons. The Morgan fingerprint density at radius 1 is 0.208 bits per heavy atom. The molecular formula is C60H76O8Si9. The maximum absolute atomic E-state index is 8.43. The number of hydrogen-bond acceptors (Lipinski definition) is 8. The maximum atomic E-state index is 8.43. The van der Waals surface area contributed by atoms with Gasteiger partial charge in [-0.15, -0.1) is 0 Å². The average molecular weight is 1180 g/mol. The molecular weight excluding hydrogens is 1100 g/mol. The third-order valence-corrected chi connectivity index (χ3v) is 47.1. The highest BCUT2D eigenvalue weighted by atomic mass is 28.5. The zero-order valence-corrected chi connectivity index (χ0v) is 55.9. The van der Waals surface area contributed by atoms with E-state index in [2.05, 4.69) is 273 Å². The number of rotatable bonds is 16. The molecule has 0 amide bonds. The second kappa shape index (κ2) is 24.0. The first-order valence-corrected chi connectivity index (χ1v) is 49.1. The maximum Gasteiger partial charge on any atom is 0.390 e. The first kappa shape index (κ1) is 58.5. The fourth-order valence-electron chi connectivity index (χ4n) is 10.5. The highest BCUT2D eigenvalue weighted by Gasteiger charge is 2.68. The van der Waals surface area contributed by atoms with Crippen molar-refractivity contribution in [2.75, 3.05) is 0 Å². The third kappa shape index (κ3) is 14.2. The van der Waals surface area contributed by atoms with E-state index in [9.17, 15) is 0 Å². The van der Waals surface area contributed by atoms with Gasteiger partial charge in [-0.2, -0.15) is 0 Å². The van der Waals surface area contributed by atoms with E-state index in [0.29, 0.717) is 0 Å². The molecule has 1 aliphatic heterocycles. The molecule has 0 aromatic heterocycles. The summed E-state index contributed by atoms with van der Waals surface area (Å²) in [5.74, 6) is 0. The zero-order valence-electron chi connectivity index (χ0n) is 46.9. The van der Waals surface area contributed by atoms with Crippen molar-refractivity contribution >= 4 is 118 Å². The molecule has 0 N–H and O–H groups in total. The molecule has 0 bridgehead atoms. The summed E-state index contributed by atoms with van der Waals surface area (Å²) in [5.41, 5.74) is 0. The first-order valence-electron chi connectivity index (χ1n) is 26.6. The molecule has 77 heavy (non-hydrogen) atoms. The lowest BCUT2D eigenvalue weighted by molar-refractivity contribution is 0.268. The summed E-state index contributed by atoms with van der Waals surface area (Å²) < 4.78 is 59.0. The molecule has 1 aliphatic rings. The number of hydrogen-bond donors (Lipinski definition) is 0. The standard InChI is InChI=1S/C48H40O4Si4.C12H36O4Si5/c1-9-25-41(26-10-1)53(42-27-11-2-12-28-42)49-54(43-29-13-3-14-30-43,44-31-15-4-16-32-44)51-56(47-37-21-7-22-38-47,48-39-23-8-24-40-48)52-55(50-53,45-33-17-5-18-34-45)46-35-19-6-20-36-46;1-17(2,3)13-19(7,8)15-21(11,12)16-20(9,10)14-18(4,5)6/h1-40H;1-12H3. The summed E-state index contributed by atoms with van der Waals surface area (Å²) in [6.07, 6.45) is 0. The van der Waals surface area contributed by atoms with Crippen molar-refractivity contribution in [2.45, 2.75) is 78.6 Å². The molecule has 0 aliphatic carbocycles. The summed E-state index contributed by atoms with van der Waals surface area (Å²) in [4.78, 5) is 0. The van der Waals surface area contributed by atoms with Crippen LogP contribution in [0.3, 0.4) is 0 Å². The third-order valence-electron chi connectivity index (χ3n) is 12.5. The van der Waals surface area contributed by atoms with Crippen molar-refractivity contribution in [2.24, 2.45) is 0 Å². The normalized spacial score (nSPS) is 16.5. The van der Waals surface area contributed by atoms with Crippen LogP contribution in [0.1, 0.15) is 0 Å². The van der Waals surface area contributed by atoms with Crippen LogP contribution >= 0.6 is 0 Å². The van der Waals surface area contributed by atoms with E-state index < -0.39 is 76.6 Å². The van der Waals surface area contributed by atoms with Gasteiger partial charge in [0.1, 0.15) is 0 Å². The fraction of sp³-hybridized carbons (Fsp3) is 0.200. The van der Waals surface area contributed by atoms with Crippen LogP contribution in [-0.4, -0.2) is 76.6 Å². The van der Waals surface area contributed by atoms with Crippen molar-refractivity contribution in [3.05, 3.63) is 243 Å². The van der Waals surface area contributed by atoms with Gasteiger partial charge in [-0.1, -0.05) is 243 Å². The SMILES string of the molecule is C[Si](C)(C)O[Si](C)(C)O[Si](C)(C)O[Si](C)(C)O[Si](C)(C)C.c1ccc([Si]2(c3ccccc3)O[Si](c3ccccc3)(c3ccccc3)O[Si](c3ccccc3)(c3ccccc3)O[Si](c3ccccc3)(c3ccccc3)O2)cc1. The van der Waals surface area contributed by atoms with Crippen molar-refractivity contribution in [1.82, 2.24) is 0 Å². The fourth-order valence-corrected chi connectivity index (χ4v) is 55.9. The van der Waals surface area contributed by atoms with Crippen LogP contribution in [0.4, 0.5) is 0 Å². The molecule has 17 heteroatoms. The predicted octanol–water partition coefficient (Wildman–Crippen LogP) is 9.92. The Kier molecular flexibility index (Phi) is 18.2. The van der Waals surface area contributed by atoms with Gasteiger partial charge in [-0.05, 0) is 120 Å². The summed E-state index contributed by atoms with van der Waals surface area (Å²) in [6.45, 7) is 25.9. The largest absolute Gasteiger partial charge is 0.437 e. The second-order valence-corrected chi connectivity index (χ2v) is 55.6. The Bertz CT molecular complexity index is 2520. The van der Waals surface area contributed by atoms with Crippen molar-refractivity contribution in [3.8, 4) is 0 Å². The van der Waals surface area contributed by atoms with Crippen molar-refractivity contribution < 1.29 is 32.9 Å². The second-order valence-electron chi connectivity index (χ2n) is 22.6. The van der Waals surface area contributed by atoms with Gasteiger partial charge < -0.3 is 32.9 Å². The van der Waals surface area contributed by atoms with E-state index in [-0.39, 0.29) is 0 Å². The van der Waals surface area contributed by atoms with Gasteiger partial charge in [-0.3, -0.25) is 0 Å². The van der Waals surface area contributed by atoms with Crippen LogP contribution < -0.4 is 41.5 Å². The quantitative estimate of drug-likeness (QED) is 0.0887. The Morgan fingerprint density at radius 2 is 0.338 bits per heavy atom. The topological polar surface area (TPSA) is 73.8 Å². The molecule has 8 aromatic carbocycles. The number of benzene rings is 8. The summed E-state index contributed by atoms with van der Waals surface area (Å²) >= 11 is 0. The predicted molar refractivity (Wildman–Crippen MR) is 339 cm³/mol. The first-order chi connectivity index (χ1) is 36.5. The van der Waals surface area contributed by atoms with E-state index in [0.717, 1.165) is 41.5 Å². The smallest absolute Gasteiger partial charge is 0.390 e. The van der Waals surface area contributed by atoms with Gasteiger partial charge in [0.25, 0.3) is 0 Å². The molecule has 0 unspecified atom stereocenters. The summed E-state index contributed by atoms with van der Waals surface area (Å²) in [6, 6.07) is 84.2.